The van der Waals surface area contributed by atoms with Crippen LogP contribution in [0.3, 0.4) is 0 Å². The third-order valence-electron chi connectivity index (χ3n) is 3.42. The van der Waals surface area contributed by atoms with E-state index in [2.05, 4.69) is 0 Å². The molecule has 0 unspecified atom stereocenters. The lowest BCUT2D eigenvalue weighted by Crippen LogP contribution is -2.42. The zero-order chi connectivity index (χ0) is 16.3. The van der Waals surface area contributed by atoms with E-state index in [1.807, 2.05) is 0 Å². The van der Waals surface area contributed by atoms with Crippen LogP contribution < -0.4 is 0 Å². The van der Waals surface area contributed by atoms with E-state index < -0.39 is 32.8 Å². The number of carbonyl (C=O) groups is 1. The minimum atomic E-state index is -4.03. The van der Waals surface area contributed by atoms with Gasteiger partial charge in [-0.25, -0.2) is 17.6 Å². The molecule has 0 amide bonds. The van der Waals surface area contributed by atoms with Gasteiger partial charge in [0.1, 0.15) is 10.7 Å². The van der Waals surface area contributed by atoms with Crippen molar-refractivity contribution in [1.82, 2.24) is 4.31 Å². The standard InChI is InChI=1S/C14H18FNO5S/c1-2-21-14(18)10-5-6-13(12(15)8-10)22(19,20)16-7-3-4-11(17)9-16/h5-6,8,11,17H,2-4,7,9H2,1H3/t11-/m1/s1. The number of piperidine rings is 1. The summed E-state index contributed by atoms with van der Waals surface area (Å²) >= 11 is 0. The van der Waals surface area contributed by atoms with E-state index in [-0.39, 0.29) is 25.3 Å². The molecule has 0 spiro atoms. The Labute approximate surface area is 128 Å². The molecule has 0 radical (unpaired) electrons. The van der Waals surface area contributed by atoms with Crippen LogP contribution in [0.25, 0.3) is 0 Å². The van der Waals surface area contributed by atoms with Crippen molar-refractivity contribution in [3.63, 3.8) is 0 Å². The molecule has 6 nitrogen and oxygen atoms in total. The SMILES string of the molecule is CCOC(=O)c1ccc(S(=O)(=O)N2CCC[C@@H](O)C2)c(F)c1. The normalized spacial score (nSPS) is 19.9. The summed E-state index contributed by atoms with van der Waals surface area (Å²) in [6.07, 6.45) is 0.296. The molecule has 1 aromatic carbocycles. The van der Waals surface area contributed by atoms with Crippen molar-refractivity contribution in [2.24, 2.45) is 0 Å². The highest BCUT2D eigenvalue weighted by molar-refractivity contribution is 7.89. The Balaban J connectivity index is 2.30. The summed E-state index contributed by atoms with van der Waals surface area (Å²) in [5.74, 6) is -1.72. The lowest BCUT2D eigenvalue weighted by molar-refractivity contribution is 0.0525. The largest absolute Gasteiger partial charge is 0.462 e. The molecule has 1 aromatic rings. The molecule has 1 fully saturated rings. The topological polar surface area (TPSA) is 83.9 Å². The molecule has 0 bridgehead atoms. The molecule has 1 aliphatic heterocycles. The van der Waals surface area contributed by atoms with Gasteiger partial charge in [0.05, 0.1) is 18.3 Å². The zero-order valence-corrected chi connectivity index (χ0v) is 13.0. The fourth-order valence-electron chi connectivity index (χ4n) is 2.33. The summed E-state index contributed by atoms with van der Waals surface area (Å²) in [5.41, 5.74) is -0.0445. The van der Waals surface area contributed by atoms with E-state index >= 15 is 0 Å². The van der Waals surface area contributed by atoms with Crippen molar-refractivity contribution in [2.75, 3.05) is 19.7 Å². The quantitative estimate of drug-likeness (QED) is 0.837. The van der Waals surface area contributed by atoms with Gasteiger partial charge in [0.2, 0.25) is 10.0 Å². The average molecular weight is 331 g/mol. The van der Waals surface area contributed by atoms with E-state index in [0.717, 1.165) is 16.4 Å². The summed E-state index contributed by atoms with van der Waals surface area (Å²) in [7, 11) is -4.03. The maximum atomic E-state index is 14.1. The summed E-state index contributed by atoms with van der Waals surface area (Å²) in [6.45, 7) is 1.95. The van der Waals surface area contributed by atoms with Gasteiger partial charge in [0, 0.05) is 13.1 Å². The Morgan fingerprint density at radius 1 is 1.50 bits per heavy atom. The lowest BCUT2D eigenvalue weighted by Gasteiger charge is -2.29. The maximum Gasteiger partial charge on any atom is 0.338 e. The molecule has 2 rings (SSSR count). The van der Waals surface area contributed by atoms with Gasteiger partial charge < -0.3 is 9.84 Å². The van der Waals surface area contributed by atoms with Crippen LogP contribution in [0.2, 0.25) is 0 Å². The number of benzene rings is 1. The van der Waals surface area contributed by atoms with Crippen molar-refractivity contribution in [3.8, 4) is 0 Å². The van der Waals surface area contributed by atoms with Gasteiger partial charge in [-0.2, -0.15) is 4.31 Å². The number of aliphatic hydroxyl groups is 1. The second-order valence-corrected chi connectivity index (χ2v) is 6.93. The zero-order valence-electron chi connectivity index (χ0n) is 12.2. The first-order valence-electron chi connectivity index (χ1n) is 7.01. The Hall–Kier alpha value is -1.51. The molecule has 1 saturated heterocycles. The van der Waals surface area contributed by atoms with Crippen LogP contribution in [0, 0.1) is 5.82 Å². The number of aliphatic hydroxyl groups excluding tert-OH is 1. The second kappa shape index (κ2) is 6.72. The van der Waals surface area contributed by atoms with E-state index in [0.29, 0.717) is 12.8 Å². The Morgan fingerprint density at radius 2 is 2.23 bits per heavy atom. The first-order valence-corrected chi connectivity index (χ1v) is 8.45. The number of sulfonamides is 1. The molecule has 1 atom stereocenters. The number of hydrogen-bond donors (Lipinski definition) is 1. The number of β-amino-alcohol motifs (C(OH)–C–C–N with tert-alkyl or cyclic N) is 1. The van der Waals surface area contributed by atoms with Crippen molar-refractivity contribution in [3.05, 3.63) is 29.6 Å². The second-order valence-electron chi connectivity index (χ2n) is 5.02. The van der Waals surface area contributed by atoms with Gasteiger partial charge in [-0.05, 0) is 38.0 Å². The first-order chi connectivity index (χ1) is 10.4. The molecular weight excluding hydrogens is 313 g/mol. The molecule has 22 heavy (non-hydrogen) atoms. The monoisotopic (exact) mass is 331 g/mol. The number of ether oxygens (including phenoxy) is 1. The van der Waals surface area contributed by atoms with Crippen LogP contribution in [-0.2, 0) is 14.8 Å². The van der Waals surface area contributed by atoms with Crippen molar-refractivity contribution < 1.29 is 27.4 Å². The van der Waals surface area contributed by atoms with Crippen LogP contribution >= 0.6 is 0 Å². The van der Waals surface area contributed by atoms with Crippen LogP contribution in [0.5, 0.6) is 0 Å². The van der Waals surface area contributed by atoms with Crippen LogP contribution in [0.15, 0.2) is 23.1 Å². The number of halogens is 1. The fraction of sp³-hybridized carbons (Fsp3) is 0.500. The van der Waals surface area contributed by atoms with Gasteiger partial charge in [0.25, 0.3) is 0 Å². The summed E-state index contributed by atoms with van der Waals surface area (Å²) in [5, 5.41) is 9.57. The van der Waals surface area contributed by atoms with Crippen LogP contribution in [0.1, 0.15) is 30.1 Å². The summed E-state index contributed by atoms with van der Waals surface area (Å²) in [6, 6.07) is 3.12. The predicted octanol–water partition coefficient (Wildman–Crippen LogP) is 1.15. The Kier molecular flexibility index (Phi) is 5.15. The van der Waals surface area contributed by atoms with Gasteiger partial charge >= 0.3 is 5.97 Å². The average Bonchev–Trinajstić information content (AvgIpc) is 2.47. The van der Waals surface area contributed by atoms with E-state index in [9.17, 15) is 22.7 Å². The smallest absolute Gasteiger partial charge is 0.338 e. The van der Waals surface area contributed by atoms with E-state index in [4.69, 9.17) is 4.74 Å². The van der Waals surface area contributed by atoms with Crippen LogP contribution in [-0.4, -0.2) is 49.6 Å². The molecule has 0 saturated carbocycles. The maximum absolute atomic E-state index is 14.1. The highest BCUT2D eigenvalue weighted by Gasteiger charge is 2.31. The summed E-state index contributed by atoms with van der Waals surface area (Å²) in [4.78, 5) is 11.0. The lowest BCUT2D eigenvalue weighted by atomic mass is 10.1. The minimum absolute atomic E-state index is 0.0445. The molecular formula is C14H18FNO5S. The Morgan fingerprint density at radius 3 is 2.82 bits per heavy atom. The molecule has 122 valence electrons. The van der Waals surface area contributed by atoms with Crippen molar-refractivity contribution in [2.45, 2.75) is 30.8 Å². The third kappa shape index (κ3) is 3.45. The molecule has 0 aliphatic carbocycles. The van der Waals surface area contributed by atoms with E-state index in [1.54, 1.807) is 6.92 Å². The first kappa shape index (κ1) is 16.9. The van der Waals surface area contributed by atoms with Gasteiger partial charge in [0.15, 0.2) is 0 Å². The van der Waals surface area contributed by atoms with Crippen LogP contribution in [0.4, 0.5) is 4.39 Å². The fourth-order valence-corrected chi connectivity index (χ4v) is 3.89. The number of rotatable bonds is 4. The molecule has 1 N–H and O–H groups in total. The number of esters is 1. The van der Waals surface area contributed by atoms with E-state index in [1.165, 1.54) is 6.07 Å². The molecule has 8 heteroatoms. The molecule has 0 aromatic heterocycles. The number of nitrogens with zero attached hydrogens (tertiary/aromatic N) is 1. The van der Waals surface area contributed by atoms with Gasteiger partial charge in [-0.15, -0.1) is 0 Å². The number of hydrogen-bond acceptors (Lipinski definition) is 5. The number of carbonyl (C=O) groups excluding carboxylic acids is 1. The highest BCUT2D eigenvalue weighted by Crippen LogP contribution is 2.24. The van der Waals surface area contributed by atoms with Crippen molar-refractivity contribution >= 4 is 16.0 Å². The minimum Gasteiger partial charge on any atom is -0.462 e. The van der Waals surface area contributed by atoms with Gasteiger partial charge in [-0.3, -0.25) is 0 Å². The summed E-state index contributed by atoms with van der Waals surface area (Å²) < 4.78 is 44.8. The highest BCUT2D eigenvalue weighted by atomic mass is 32.2. The third-order valence-corrected chi connectivity index (χ3v) is 5.32. The molecule has 1 aliphatic rings. The van der Waals surface area contributed by atoms with Crippen molar-refractivity contribution in [1.29, 1.82) is 0 Å². The Bertz CT molecular complexity index is 661. The van der Waals surface area contributed by atoms with Gasteiger partial charge in [-0.1, -0.05) is 0 Å². The molecule has 1 heterocycles. The predicted molar refractivity (Wildman–Crippen MR) is 76.4 cm³/mol.